The Morgan fingerprint density at radius 2 is 1.86 bits per heavy atom. The highest BCUT2D eigenvalue weighted by Crippen LogP contribution is 2.63. The Morgan fingerprint density at radius 1 is 1.05 bits per heavy atom. The molecular weight excluding hydrogens is 717 g/mol. The van der Waals surface area contributed by atoms with Crippen LogP contribution < -0.4 is 21.3 Å². The van der Waals surface area contributed by atoms with Crippen LogP contribution in [0.1, 0.15) is 130 Å². The first kappa shape index (κ1) is 42.9. The van der Waals surface area contributed by atoms with Crippen molar-refractivity contribution in [3.63, 3.8) is 0 Å². The summed E-state index contributed by atoms with van der Waals surface area (Å²) in [6.07, 6.45) is 22.9. The lowest BCUT2D eigenvalue weighted by Crippen LogP contribution is -2.98. The fourth-order valence-electron chi connectivity index (χ4n) is 13.1. The summed E-state index contributed by atoms with van der Waals surface area (Å²) in [5.74, 6) is -0.477. The van der Waals surface area contributed by atoms with Crippen molar-refractivity contribution in [2.75, 3.05) is 40.0 Å². The molecule has 0 amide bonds. The van der Waals surface area contributed by atoms with Crippen LogP contribution >= 0.6 is 0 Å². The minimum atomic E-state index is -1.94. The number of carbonyl (C=O) groups excluding carboxylic acids is 3. The third-order valence-electron chi connectivity index (χ3n) is 15.9. The zero-order chi connectivity index (χ0) is 40.4. The third-order valence-corrected chi connectivity index (χ3v) is 15.9. The van der Waals surface area contributed by atoms with Gasteiger partial charge in [0.05, 0.1) is 26.7 Å². The monoisotopic (exact) mass is 794 g/mol. The van der Waals surface area contributed by atoms with E-state index in [1.54, 1.807) is 0 Å². The molecule has 0 spiro atoms. The van der Waals surface area contributed by atoms with Gasteiger partial charge in [-0.05, 0) is 118 Å². The van der Waals surface area contributed by atoms with Crippen LogP contribution in [0.3, 0.4) is 0 Å². The van der Waals surface area contributed by atoms with Crippen molar-refractivity contribution in [1.29, 1.82) is 0 Å². The van der Waals surface area contributed by atoms with Crippen molar-refractivity contribution in [1.82, 2.24) is 5.32 Å². The molecule has 2 saturated heterocycles. The van der Waals surface area contributed by atoms with Gasteiger partial charge in [-0.3, -0.25) is 9.59 Å². The lowest BCUT2D eigenvalue weighted by molar-refractivity contribution is -0.717. The second kappa shape index (κ2) is 18.2. The summed E-state index contributed by atoms with van der Waals surface area (Å²) in [5.41, 5.74) is -0.186. The number of allylic oxidation sites excluding steroid dienone is 4. The average molecular weight is 794 g/mol. The molecule has 10 heteroatoms. The molecule has 5 fully saturated rings. The fraction of sp³-hybridized carbons (Fsp3) is 0.809. The number of esters is 1. The Bertz CT molecular complexity index is 1570. The predicted molar refractivity (Wildman–Crippen MR) is 219 cm³/mol. The molecule has 0 aromatic heterocycles. The van der Waals surface area contributed by atoms with Crippen molar-refractivity contribution in [3.05, 3.63) is 34.9 Å². The zero-order valence-corrected chi connectivity index (χ0v) is 36.0. The maximum absolute atomic E-state index is 15.1. The number of carbonyl (C=O) groups is 3. The van der Waals surface area contributed by atoms with E-state index in [9.17, 15) is 9.90 Å². The van der Waals surface area contributed by atoms with Crippen LogP contribution in [0, 0.1) is 46.8 Å². The van der Waals surface area contributed by atoms with Crippen LogP contribution in [0.25, 0.3) is 0 Å². The number of likely N-dealkylation sites (N-methyl/N-ethyl adjacent to an activating group) is 1. The van der Waals surface area contributed by atoms with E-state index >= 15 is 9.59 Å². The topological polar surface area (TPSA) is 155 Å². The first-order chi connectivity index (χ1) is 27.5. The van der Waals surface area contributed by atoms with Crippen LogP contribution in [0.5, 0.6) is 0 Å². The summed E-state index contributed by atoms with van der Waals surface area (Å²) in [4.78, 5) is 45.0. The molecule has 0 bridgehead atoms. The number of ketones is 2. The van der Waals surface area contributed by atoms with Crippen LogP contribution in [0.2, 0.25) is 0 Å². The Labute approximate surface area is 342 Å². The van der Waals surface area contributed by atoms with Gasteiger partial charge in [0, 0.05) is 37.0 Å². The van der Waals surface area contributed by atoms with E-state index in [-0.39, 0.29) is 54.5 Å². The normalized spacial score (nSPS) is 37.8. The van der Waals surface area contributed by atoms with E-state index in [2.05, 4.69) is 74.2 Å². The summed E-state index contributed by atoms with van der Waals surface area (Å²) in [6.45, 7) is 11.5. The van der Waals surface area contributed by atoms with Gasteiger partial charge in [-0.15, -0.1) is 0 Å². The summed E-state index contributed by atoms with van der Waals surface area (Å²) in [6, 6.07) is 0.179. The van der Waals surface area contributed by atoms with Crippen molar-refractivity contribution in [2.45, 2.75) is 154 Å². The standard InChI is InChI=1S/C47H74N4O6/c1-6-49-39-23-33-14-9-8-13-32(33)22-35(39)28-56-44(55)47-43(54)41-34(21-30(2)3)15-12-16-38(41)42(53)46(47,57-47)26-36(27-52)31(4)25-45(18-10-7-11-19-45)37-17-20-50-40(24-37)51-29-48-5/h9,14,23,30,32,34-35,37-41,48-52H,6-8,10-13,15-22,24-29H2,1-5H3/p+3. The van der Waals surface area contributed by atoms with E-state index < -0.39 is 29.0 Å². The van der Waals surface area contributed by atoms with E-state index in [4.69, 9.17) is 9.47 Å². The maximum Gasteiger partial charge on any atom is 0.350 e. The third kappa shape index (κ3) is 8.31. The Hall–Kier alpha value is -2.21. The van der Waals surface area contributed by atoms with Gasteiger partial charge in [0.2, 0.25) is 0 Å². The van der Waals surface area contributed by atoms with Gasteiger partial charge in [0.1, 0.15) is 25.5 Å². The predicted octanol–water partition coefficient (Wildman–Crippen LogP) is 3.21. The number of Topliss-reactive ketones (excluding diaryl/α,β-unsaturated/α-hetero) is 2. The number of nitrogens with one attached hydrogen (secondary N) is 1. The molecule has 10 nitrogen and oxygen atoms in total. The molecule has 10 atom stereocenters. The van der Waals surface area contributed by atoms with Crippen molar-refractivity contribution >= 4 is 17.5 Å². The van der Waals surface area contributed by atoms with Gasteiger partial charge in [-0.1, -0.05) is 57.3 Å². The summed E-state index contributed by atoms with van der Waals surface area (Å²) < 4.78 is 12.9. The Balaban J connectivity index is 1.18. The number of hydrogen-bond acceptors (Lipinski definition) is 7. The number of aliphatic hydroxyl groups excluding tert-OH is 1. The van der Waals surface area contributed by atoms with E-state index in [0.717, 1.165) is 82.3 Å². The Kier molecular flexibility index (Phi) is 13.7. The first-order valence-electron chi connectivity index (χ1n) is 23.3. The number of piperidine rings is 1. The molecule has 0 aromatic rings. The molecule has 0 radical (unpaired) electrons. The molecule has 5 aliphatic carbocycles. The molecular formula is C47H77N4O6+3. The first-order valence-corrected chi connectivity index (χ1v) is 23.3. The number of ether oxygens (including phenoxy) is 2. The van der Waals surface area contributed by atoms with Gasteiger partial charge in [-0.2, -0.15) is 0 Å². The quantitative estimate of drug-likeness (QED) is 0.0529. The van der Waals surface area contributed by atoms with Crippen molar-refractivity contribution in [3.8, 4) is 0 Å². The lowest BCUT2D eigenvalue weighted by Gasteiger charge is -2.47. The highest BCUT2D eigenvalue weighted by atomic mass is 16.7. The molecule has 2 aliphatic heterocycles. The highest BCUT2D eigenvalue weighted by molar-refractivity contribution is 6.23. The molecule has 7 rings (SSSR count). The molecule has 0 aromatic carbocycles. The second-order valence-electron chi connectivity index (χ2n) is 19.9. The smallest absolute Gasteiger partial charge is 0.350 e. The molecule has 57 heavy (non-hydrogen) atoms. The van der Waals surface area contributed by atoms with Crippen LogP contribution in [-0.4, -0.2) is 86.1 Å². The van der Waals surface area contributed by atoms with Crippen molar-refractivity contribution < 1.29 is 44.9 Å². The minimum absolute atomic E-state index is 0.0406. The molecule has 3 saturated carbocycles. The van der Waals surface area contributed by atoms with Crippen LogP contribution in [-0.2, 0) is 23.9 Å². The van der Waals surface area contributed by atoms with Gasteiger partial charge in [-0.25, -0.2) is 10.1 Å². The van der Waals surface area contributed by atoms with E-state index in [1.165, 1.54) is 44.1 Å². The number of aliphatic hydroxyl groups is 1. The summed E-state index contributed by atoms with van der Waals surface area (Å²) in [7, 11) is 2.10. The van der Waals surface area contributed by atoms with Gasteiger partial charge in [0.25, 0.3) is 5.60 Å². The Morgan fingerprint density at radius 3 is 2.60 bits per heavy atom. The number of hydrogen-bond donors (Lipinski definition) is 5. The minimum Gasteiger partial charge on any atom is -0.463 e. The summed E-state index contributed by atoms with van der Waals surface area (Å²) in [5, 5.41) is 21.8. The molecule has 318 valence electrons. The van der Waals surface area contributed by atoms with Gasteiger partial charge < -0.3 is 30.5 Å². The zero-order valence-electron chi connectivity index (χ0n) is 36.0. The summed E-state index contributed by atoms with van der Waals surface area (Å²) >= 11 is 0. The molecule has 8 N–H and O–H groups in total. The average Bonchev–Trinajstić information content (AvgIpc) is 3.92. The van der Waals surface area contributed by atoms with E-state index in [0.29, 0.717) is 30.3 Å². The van der Waals surface area contributed by atoms with Crippen LogP contribution in [0.4, 0.5) is 0 Å². The van der Waals surface area contributed by atoms with Gasteiger partial charge in [0.15, 0.2) is 17.2 Å². The number of epoxide rings is 1. The number of nitrogens with two attached hydrogens (primary N) is 3. The number of fused-ring (bicyclic) bond motifs is 3. The maximum atomic E-state index is 15.1. The highest BCUT2D eigenvalue weighted by Gasteiger charge is 2.87. The van der Waals surface area contributed by atoms with E-state index in [1.807, 2.05) is 0 Å². The molecule has 7 aliphatic rings. The second-order valence-corrected chi connectivity index (χ2v) is 19.9. The SMILES string of the molecule is CC[NH2+]C1C=C2C=CCCC2CC1COC(=O)C12OC1(CC(CO)=C(C)CC1(C3CC[NH2+]C(NC[NH2+]C)C3)CCCCC1)C(=O)C1CCCC(CC(C)C)C1C2=O. The molecule has 2 heterocycles. The van der Waals surface area contributed by atoms with Crippen LogP contribution in [0.15, 0.2) is 34.9 Å². The lowest BCUT2D eigenvalue weighted by atomic mass is 9.56. The van der Waals surface area contributed by atoms with Crippen molar-refractivity contribution in [2.24, 2.45) is 46.8 Å². The number of rotatable bonds is 16. The number of quaternary nitrogens is 3. The molecule has 10 unspecified atom stereocenters. The largest absolute Gasteiger partial charge is 0.463 e. The fourth-order valence-corrected chi connectivity index (χ4v) is 13.1. The van der Waals surface area contributed by atoms with Gasteiger partial charge >= 0.3 is 5.97 Å².